The van der Waals surface area contributed by atoms with Gasteiger partial charge in [0.05, 0.1) is 54.6 Å². The molecule has 6 aliphatic carbocycles. The molecule has 6 amide bonds. The van der Waals surface area contributed by atoms with Gasteiger partial charge >= 0.3 is 24.1 Å². The Kier molecular flexibility index (Phi) is 27.6. The van der Waals surface area contributed by atoms with Crippen LogP contribution in [0, 0.1) is 67.1 Å². The third-order valence-electron chi connectivity index (χ3n) is 24.9. The van der Waals surface area contributed by atoms with Gasteiger partial charge in [-0.05, 0) is 177 Å². The number of thiazole rings is 2. The molecule has 4 aromatic heterocycles. The molecule has 3 aromatic carbocycles. The molecule has 0 radical (unpaired) electrons. The number of aliphatic carboxylic acids is 2. The Labute approximate surface area is 751 Å². The highest BCUT2D eigenvalue weighted by Gasteiger charge is 2.63. The highest BCUT2D eigenvalue weighted by Crippen LogP contribution is 2.55. The predicted molar refractivity (Wildman–Crippen MR) is 479 cm³/mol. The second kappa shape index (κ2) is 37.0. The number of rotatable bonds is 28. The molecule has 2 aliphatic heterocycles. The predicted octanol–water partition coefficient (Wildman–Crippen LogP) is 13.5. The standard InChI is InChI=1S/C41H53ClN6O8S.C41H51ClN6O8S.C7H10N2O2S/c2*1-9-23-17-41(23,37(51)52)47-35(49)28-15-25(18-48(28)36(50)34(40(5,6)7)46-39(53)56-24-13-21-12-22(21)14-24)55-30-16-27(32-20(4)57-38(45-32)43-19(2)3)44-33-26(30)10-11-29(54-8)31(33)42;1-6-2-4-7(5-3-6)12(10,11)9-8/h10-11,16,19,21-25,28,34H,9,12-15,17-18H2,1-8H3,(H,43,45)(H,46,53)(H,47,49)(H,51,52);9-11,16,19,21-25,28,34H,1,12-15,17-18H2,2-8H3,(H,43,45)(H,46,53)(H,47,49)(H,51,52);2-5,9H,8H2,1H3/t2*21-,22+,23-,24?,25-,28?,34-,41-;/m11./s1. The number of likely N-dealkylation sites (tertiary alicyclic amines) is 2. The summed E-state index contributed by atoms with van der Waals surface area (Å²) in [6.07, 6.45) is 5.05. The molecule has 0 spiro atoms. The molecular weight excluding hydrogens is 1720 g/mol. The third kappa shape index (κ3) is 20.5. The number of ether oxygens (including phenoxy) is 6. The number of carboxylic acid groups (broad SMARTS) is 2. The van der Waals surface area contributed by atoms with Crippen LogP contribution in [0.2, 0.25) is 10.0 Å². The Morgan fingerprint density at radius 1 is 0.587 bits per heavy atom. The number of hydrazine groups is 1. The summed E-state index contributed by atoms with van der Waals surface area (Å²) in [7, 11) is -0.450. The van der Waals surface area contributed by atoms with Crippen LogP contribution in [-0.4, -0.2) is 195 Å². The lowest BCUT2D eigenvalue weighted by Gasteiger charge is -2.35. The molecule has 15 rings (SSSR count). The van der Waals surface area contributed by atoms with Gasteiger partial charge in [0.25, 0.3) is 10.0 Å². The average Bonchev–Trinajstić information content (AvgIpc) is 1.57. The van der Waals surface area contributed by atoms with Gasteiger partial charge in [0.2, 0.25) is 23.6 Å². The molecule has 16 atom stereocenters. The summed E-state index contributed by atoms with van der Waals surface area (Å²) in [5.41, 5.74) is -0.373. The van der Waals surface area contributed by atoms with Crippen molar-refractivity contribution in [2.75, 3.05) is 37.9 Å². The van der Waals surface area contributed by atoms with Crippen LogP contribution in [-0.2, 0) is 48.3 Å². The lowest BCUT2D eigenvalue weighted by atomic mass is 9.85. The zero-order chi connectivity index (χ0) is 91.5. The fourth-order valence-corrected chi connectivity index (χ4v) is 20.7. The van der Waals surface area contributed by atoms with E-state index in [1.807, 2.05) is 96.9 Å². The van der Waals surface area contributed by atoms with Crippen molar-refractivity contribution in [2.45, 2.75) is 244 Å². The Bertz CT molecular complexity index is 5470. The maximum Gasteiger partial charge on any atom is 0.408 e. The van der Waals surface area contributed by atoms with Crippen LogP contribution in [0.25, 0.3) is 44.6 Å². The Hall–Kier alpha value is -9.91. The number of benzene rings is 3. The number of nitrogens with zero attached hydrogens (tertiary/aromatic N) is 6. The van der Waals surface area contributed by atoms with Crippen molar-refractivity contribution in [3.8, 4) is 45.8 Å². The third-order valence-corrected chi connectivity index (χ3v) is 28.6. The van der Waals surface area contributed by atoms with Gasteiger partial charge in [-0.3, -0.25) is 25.0 Å². The molecule has 2 saturated heterocycles. The molecule has 32 nitrogen and oxygen atoms in total. The maximum absolute atomic E-state index is 14.7. The minimum Gasteiger partial charge on any atom is -0.495 e. The fourth-order valence-electron chi connectivity index (χ4n) is 17.6. The van der Waals surface area contributed by atoms with Gasteiger partial charge in [0.15, 0.2) is 10.3 Å². The van der Waals surface area contributed by atoms with Crippen molar-refractivity contribution in [3.05, 3.63) is 98.7 Å². The lowest BCUT2D eigenvalue weighted by molar-refractivity contribution is -0.146. The first kappa shape index (κ1) is 93.7. The summed E-state index contributed by atoms with van der Waals surface area (Å²) < 4.78 is 58.2. The van der Waals surface area contributed by atoms with Crippen LogP contribution in [0.5, 0.6) is 23.0 Å². The highest BCUT2D eigenvalue weighted by atomic mass is 35.5. The number of methoxy groups -OCH3 is 2. The molecule has 37 heteroatoms. The quantitative estimate of drug-likeness (QED) is 0.0124. The first-order valence-electron chi connectivity index (χ1n) is 42.6. The molecule has 680 valence electrons. The van der Waals surface area contributed by atoms with Crippen molar-refractivity contribution < 1.29 is 85.4 Å². The number of halogens is 2. The summed E-state index contributed by atoms with van der Waals surface area (Å²) in [5, 5.41) is 41.4. The number of carbonyl (C=O) groups excluding carboxylic acids is 6. The minimum absolute atomic E-state index is 0.0231. The molecule has 11 N–H and O–H groups in total. The Balaban J connectivity index is 0.000000190. The summed E-state index contributed by atoms with van der Waals surface area (Å²) >= 11 is 16.7. The van der Waals surface area contributed by atoms with E-state index in [-0.39, 0.29) is 77.5 Å². The average molecular weight is 1840 g/mol. The number of amides is 6. The second-order valence-electron chi connectivity index (χ2n) is 37.1. The van der Waals surface area contributed by atoms with Crippen LogP contribution in [0.4, 0.5) is 19.9 Å². The number of nitrogens with one attached hydrogen (secondary N) is 7. The number of aryl methyl sites for hydroxylation is 3. The normalized spacial score (nSPS) is 25.3. The van der Waals surface area contributed by atoms with E-state index in [1.165, 1.54) is 77.7 Å². The molecule has 6 saturated carbocycles. The van der Waals surface area contributed by atoms with Crippen molar-refractivity contribution in [1.29, 1.82) is 0 Å². The number of hydrogen-bond acceptors (Lipinski definition) is 25. The number of aromatic nitrogens is 4. The van der Waals surface area contributed by atoms with Gasteiger partial charge in [-0.15, -0.1) is 29.3 Å². The molecule has 0 bridgehead atoms. The summed E-state index contributed by atoms with van der Waals surface area (Å²) in [4.78, 5) is 135. The van der Waals surface area contributed by atoms with Gasteiger partial charge in [0.1, 0.15) is 104 Å². The number of fused-ring (bicyclic) bond motifs is 4. The number of anilines is 2. The van der Waals surface area contributed by atoms with Crippen molar-refractivity contribution in [3.63, 3.8) is 0 Å². The topological polar surface area (TPSA) is 435 Å². The van der Waals surface area contributed by atoms with Crippen LogP contribution in [0.1, 0.15) is 162 Å². The van der Waals surface area contributed by atoms with Gasteiger partial charge in [-0.1, -0.05) is 102 Å². The van der Waals surface area contributed by atoms with E-state index in [9.17, 15) is 57.0 Å². The SMILES string of the molecule is C=C[C@@H]1C[C@]1(NC(=O)C1C[C@@H](Oc2cc(-c3nc(NC(C)C)sc3C)nc3c(Cl)c(OC)ccc23)CN1C(=O)[C@@H](NC(=O)OC1C[C@@H]2C[C@@H]2C1)C(C)(C)C)C(=O)O.CC[C@@H]1C[C@]1(NC(=O)C1C[C@@H](Oc2cc(-c3nc(NC(C)C)sc3C)nc3c(Cl)c(OC)ccc23)CN1C(=O)[C@@H](NC(=O)OC1C[C@@H]2C[C@@H]2C1)C(C)(C)C)C(=O)O.Cc1ccc(S(=O)(=O)NN)cc1. The van der Waals surface area contributed by atoms with Gasteiger partial charge in [0, 0.05) is 63.5 Å². The van der Waals surface area contributed by atoms with Crippen LogP contribution in [0.15, 0.2) is 78.2 Å². The molecule has 8 fully saturated rings. The number of carboxylic acids is 2. The van der Waals surface area contributed by atoms with E-state index in [4.69, 9.17) is 77.4 Å². The Morgan fingerprint density at radius 3 is 1.33 bits per heavy atom. The summed E-state index contributed by atoms with van der Waals surface area (Å²) in [6.45, 7) is 30.4. The zero-order valence-corrected chi connectivity index (χ0v) is 77.6. The first-order valence-corrected chi connectivity index (χ1v) is 46.5. The number of hydrogen-bond donors (Lipinski definition) is 10. The maximum atomic E-state index is 14.7. The van der Waals surface area contributed by atoms with Crippen molar-refractivity contribution in [2.24, 2.45) is 52.2 Å². The van der Waals surface area contributed by atoms with Crippen LogP contribution >= 0.6 is 45.9 Å². The van der Waals surface area contributed by atoms with Crippen molar-refractivity contribution in [1.82, 2.24) is 55.8 Å². The fraction of sp³-hybridized carbons (Fsp3) is 0.551. The molecular formula is C89H114Cl2N14O18S3. The molecule has 126 heavy (non-hydrogen) atoms. The van der Waals surface area contributed by atoms with Crippen molar-refractivity contribution >= 4 is 136 Å². The number of carbonyl (C=O) groups is 8. The Morgan fingerprint density at radius 2 is 0.992 bits per heavy atom. The number of sulfonamides is 1. The van der Waals surface area contributed by atoms with E-state index in [0.717, 1.165) is 51.3 Å². The van der Waals surface area contributed by atoms with E-state index < -0.39 is 122 Å². The smallest absolute Gasteiger partial charge is 0.408 e. The van der Waals surface area contributed by atoms with E-state index in [2.05, 4.69) is 38.5 Å². The minimum atomic E-state index is -3.49. The monoisotopic (exact) mass is 1830 g/mol. The number of pyridine rings is 2. The number of nitrogens with two attached hydrogens (primary N) is 1. The van der Waals surface area contributed by atoms with Gasteiger partial charge in [-0.25, -0.2) is 47.5 Å². The lowest BCUT2D eigenvalue weighted by Crippen LogP contribution is -2.59. The van der Waals surface area contributed by atoms with Crippen LogP contribution < -0.4 is 61.5 Å². The largest absolute Gasteiger partial charge is 0.495 e. The second-order valence-corrected chi connectivity index (χ2v) is 42.0. The molecule has 6 heterocycles. The summed E-state index contributed by atoms with van der Waals surface area (Å²) in [6, 6.07) is 13.0. The number of alkyl carbamates (subject to hydrolysis) is 2. The zero-order valence-electron chi connectivity index (χ0n) is 73.7. The van der Waals surface area contributed by atoms with Gasteiger partial charge in [-0.2, -0.15) is 4.83 Å². The van der Waals surface area contributed by atoms with E-state index >= 15 is 0 Å². The summed E-state index contributed by atoms with van der Waals surface area (Å²) in [5.74, 6) is 3.64. The van der Waals surface area contributed by atoms with Gasteiger partial charge < -0.3 is 80.3 Å². The molecule has 4 unspecified atom stereocenters. The van der Waals surface area contributed by atoms with Crippen LogP contribution in [0.3, 0.4) is 0 Å². The van der Waals surface area contributed by atoms with E-state index in [1.54, 1.807) is 53.4 Å². The molecule has 8 aliphatic rings. The highest BCUT2D eigenvalue weighted by molar-refractivity contribution is 7.89. The molecule has 7 aromatic rings. The first-order chi connectivity index (χ1) is 59.4. The van der Waals surface area contributed by atoms with E-state index in [0.29, 0.717) is 104 Å².